The van der Waals surface area contributed by atoms with Gasteiger partial charge in [0.25, 0.3) is 0 Å². The number of hydrogen-bond acceptors (Lipinski definition) is 3. The Morgan fingerprint density at radius 3 is 1.64 bits per heavy atom. The Bertz CT molecular complexity index is 288. The van der Waals surface area contributed by atoms with E-state index in [1.807, 2.05) is 18.2 Å². The van der Waals surface area contributed by atoms with Crippen molar-refractivity contribution in [3.63, 3.8) is 0 Å². The van der Waals surface area contributed by atoms with Crippen LogP contribution >= 0.6 is 16.5 Å². The van der Waals surface area contributed by atoms with E-state index in [1.54, 1.807) is 0 Å². The molecule has 0 fully saturated rings. The molecule has 0 aliphatic carbocycles. The van der Waals surface area contributed by atoms with Gasteiger partial charge in [-0.2, -0.15) is 0 Å². The number of benzene rings is 1. The van der Waals surface area contributed by atoms with Crippen LogP contribution in [0.2, 0.25) is 0 Å². The van der Waals surface area contributed by atoms with Crippen molar-refractivity contribution in [2.24, 2.45) is 0 Å². The van der Waals surface area contributed by atoms with Gasteiger partial charge in [-0.1, -0.05) is 35.9 Å². The first-order chi connectivity index (χ1) is 6.52. The molecule has 76 valence electrons. The fourth-order valence-electron chi connectivity index (χ4n) is 0.594. The minimum absolute atomic E-state index is 1.32. The lowest BCUT2D eigenvalue weighted by Gasteiger charge is -1.82. The van der Waals surface area contributed by atoms with Gasteiger partial charge in [0.15, 0.2) is 4.31 Å². The zero-order chi connectivity index (χ0) is 11.0. The van der Waals surface area contributed by atoms with Crippen molar-refractivity contribution in [1.82, 2.24) is 0 Å². The van der Waals surface area contributed by atoms with Crippen molar-refractivity contribution in [2.75, 3.05) is 0 Å². The number of hydrogen-bond donors (Lipinski definition) is 2. The highest BCUT2D eigenvalue weighted by molar-refractivity contribution is 7.46. The van der Waals surface area contributed by atoms with Crippen LogP contribution in [0.5, 0.6) is 0 Å². The van der Waals surface area contributed by atoms with E-state index in [0.29, 0.717) is 0 Å². The second-order valence-electron chi connectivity index (χ2n) is 2.21. The largest absolute Gasteiger partial charge is 0.745 e. The summed E-state index contributed by atoms with van der Waals surface area (Å²) in [5.41, 5.74) is 1.32. The fraction of sp³-hybridized carbons (Fsp3) is 0.143. The number of aryl methyl sites for hydroxylation is 1. The third-order valence-electron chi connectivity index (χ3n) is 1.08. The Labute approximate surface area is 83.3 Å². The molecule has 1 rings (SSSR count). The third kappa shape index (κ3) is 9.39. The molecule has 0 aliphatic rings. The quantitative estimate of drug-likeness (QED) is 0.769. The Balaban J connectivity index is 0.000000241. The second-order valence-corrected chi connectivity index (χ2v) is 3.82. The maximum Gasteiger partial charge on any atom is 0.745 e. The molecule has 0 saturated heterocycles. The van der Waals surface area contributed by atoms with Gasteiger partial charge in [0.05, 0.1) is 0 Å². The molecule has 0 bridgehead atoms. The Hall–Kier alpha value is -0.700. The van der Waals surface area contributed by atoms with Crippen LogP contribution in [0.4, 0.5) is 0 Å². The van der Waals surface area contributed by atoms with Crippen LogP contribution in [0, 0.1) is 6.92 Å². The van der Waals surface area contributed by atoms with E-state index in [2.05, 4.69) is 23.4 Å². The molecular weight excluding hydrogens is 226 g/mol. The molecule has 0 aromatic heterocycles. The molecule has 0 radical (unpaired) electrons. The molecule has 14 heavy (non-hydrogen) atoms. The monoisotopic (exact) mass is 236 g/mol. The highest BCUT2D eigenvalue weighted by atomic mass is 31.2. The van der Waals surface area contributed by atoms with Gasteiger partial charge in [-0.3, -0.25) is 0 Å². The first kappa shape index (κ1) is 13.3. The molecule has 7 heteroatoms. The van der Waals surface area contributed by atoms with Gasteiger partial charge < -0.3 is 0 Å². The van der Waals surface area contributed by atoms with Gasteiger partial charge in [-0.05, 0) is 6.92 Å². The molecule has 1 aromatic rings. The highest BCUT2D eigenvalue weighted by Gasteiger charge is 2.31. The summed E-state index contributed by atoms with van der Waals surface area (Å²) >= 11 is 0. The van der Waals surface area contributed by atoms with Crippen molar-refractivity contribution in [3.05, 3.63) is 35.9 Å². The topological polar surface area (TPSA) is 83.8 Å². The molecule has 5 nitrogen and oxygen atoms in total. The lowest BCUT2D eigenvalue weighted by atomic mass is 10.2. The van der Waals surface area contributed by atoms with Crippen molar-refractivity contribution in [1.29, 1.82) is 0 Å². The van der Waals surface area contributed by atoms with Gasteiger partial charge >= 0.3 is 16.5 Å². The first-order valence-electron chi connectivity index (χ1n) is 3.54. The summed E-state index contributed by atoms with van der Waals surface area (Å²) < 4.78 is 22.2. The average molecular weight is 236 g/mol. The molecule has 0 spiro atoms. The van der Waals surface area contributed by atoms with Gasteiger partial charge in [0.1, 0.15) is 0 Å². The molecule has 2 atom stereocenters. The molecule has 1 aromatic carbocycles. The first-order valence-corrected chi connectivity index (χ1v) is 5.80. The van der Waals surface area contributed by atoms with Crippen LogP contribution in [0.25, 0.3) is 0 Å². The minimum atomic E-state index is -2.92. The van der Waals surface area contributed by atoms with Crippen LogP contribution in [-0.2, 0) is 13.4 Å². The van der Waals surface area contributed by atoms with Crippen LogP contribution < -0.4 is 0 Å². The zero-order valence-corrected chi connectivity index (χ0v) is 9.19. The lowest BCUT2D eigenvalue weighted by molar-refractivity contribution is 0.371. The van der Waals surface area contributed by atoms with Crippen LogP contribution in [0.3, 0.4) is 0 Å². The van der Waals surface area contributed by atoms with Gasteiger partial charge in [-0.25, -0.2) is 0 Å². The summed E-state index contributed by atoms with van der Waals surface area (Å²) in [4.78, 5) is 15.3. The van der Waals surface area contributed by atoms with Crippen molar-refractivity contribution >= 4 is 16.5 Å². The second kappa shape index (κ2) is 7.68. The van der Waals surface area contributed by atoms with Gasteiger partial charge in [-0.15, -0.1) is 9.79 Å². The fourth-order valence-corrected chi connectivity index (χ4v) is 1.07. The van der Waals surface area contributed by atoms with Crippen LogP contribution in [0.15, 0.2) is 30.3 Å². The van der Waals surface area contributed by atoms with Crippen LogP contribution in [-0.4, -0.2) is 9.79 Å². The normalized spacial score (nSPS) is 11.1. The van der Waals surface area contributed by atoms with E-state index >= 15 is 0 Å². The van der Waals surface area contributed by atoms with Crippen molar-refractivity contribution < 1.29 is 23.2 Å². The van der Waals surface area contributed by atoms with E-state index in [1.165, 1.54) is 5.56 Å². The summed E-state index contributed by atoms with van der Waals surface area (Å²) in [5.74, 6) is 0. The van der Waals surface area contributed by atoms with E-state index in [9.17, 15) is 9.13 Å². The molecule has 0 aliphatic heterocycles. The predicted molar refractivity (Wildman–Crippen MR) is 51.9 cm³/mol. The molecule has 0 heterocycles. The summed E-state index contributed by atoms with van der Waals surface area (Å²) in [7, 11) is -5.85. The van der Waals surface area contributed by atoms with Crippen LogP contribution in [0.1, 0.15) is 5.56 Å². The van der Waals surface area contributed by atoms with Crippen molar-refractivity contribution in [2.45, 2.75) is 6.92 Å². The maximum atomic E-state index is 9.39. The lowest BCUT2D eigenvalue weighted by Crippen LogP contribution is -1.62. The van der Waals surface area contributed by atoms with Gasteiger partial charge in [0, 0.05) is 9.13 Å². The third-order valence-corrected chi connectivity index (χ3v) is 2.20. The molecule has 2 unspecified atom stereocenters. The summed E-state index contributed by atoms with van der Waals surface area (Å²) in [6.07, 6.45) is 0. The standard InChI is InChI=1S/C7H8.O5P2/c1-7-5-3-2-4-6-7;1-6(2)5-7(3)4/h2-6H,1H3;/p+2. The SMILES string of the molecule is Cc1ccccc1.O=[P+](O)O[P+](=O)O. The van der Waals surface area contributed by atoms with E-state index < -0.39 is 16.5 Å². The summed E-state index contributed by atoms with van der Waals surface area (Å²) in [6, 6.07) is 10.3. The predicted octanol–water partition coefficient (Wildman–Crippen LogP) is 2.30. The molecule has 2 N–H and O–H groups in total. The van der Waals surface area contributed by atoms with E-state index in [-0.39, 0.29) is 0 Å². The smallest absolute Gasteiger partial charge is 0.131 e. The van der Waals surface area contributed by atoms with E-state index in [0.717, 1.165) is 0 Å². The Kier molecular flexibility index (Phi) is 7.30. The molecule has 0 amide bonds. The Morgan fingerprint density at radius 1 is 1.07 bits per heavy atom. The Morgan fingerprint density at radius 2 is 1.50 bits per heavy atom. The van der Waals surface area contributed by atoms with E-state index in [4.69, 9.17) is 9.79 Å². The molecular formula is C7H10O5P2+2. The number of rotatable bonds is 2. The average Bonchev–Trinajstić information content (AvgIpc) is 2.03. The van der Waals surface area contributed by atoms with Crippen molar-refractivity contribution in [3.8, 4) is 0 Å². The maximum absolute atomic E-state index is 9.39. The minimum Gasteiger partial charge on any atom is -0.131 e. The van der Waals surface area contributed by atoms with Gasteiger partial charge in [0.2, 0.25) is 0 Å². The zero-order valence-electron chi connectivity index (χ0n) is 7.40. The summed E-state index contributed by atoms with van der Waals surface area (Å²) in [5, 5.41) is 0. The summed E-state index contributed by atoms with van der Waals surface area (Å²) in [6.45, 7) is 2.08. The molecule has 0 saturated carbocycles. The highest BCUT2D eigenvalue weighted by Crippen LogP contribution is 2.30.